The normalized spacial score (nSPS) is 29.6. The minimum absolute atomic E-state index is 0.0729. The quantitative estimate of drug-likeness (QED) is 0.699. The second-order valence-electron chi connectivity index (χ2n) is 5.30. The maximum Gasteiger partial charge on any atom is 0.106 e. The summed E-state index contributed by atoms with van der Waals surface area (Å²) in [7, 11) is 0. The number of hydrogen-bond donors (Lipinski definition) is 0. The van der Waals surface area contributed by atoms with Crippen LogP contribution in [0.15, 0.2) is 72.9 Å². The third-order valence-corrected chi connectivity index (χ3v) is 3.49. The molecule has 4 nitrogen and oxygen atoms in total. The summed E-state index contributed by atoms with van der Waals surface area (Å²) >= 11 is 0. The molecule has 3 unspecified atom stereocenters. The van der Waals surface area contributed by atoms with Crippen LogP contribution in [-0.2, 0) is 14.5 Å². The molecule has 3 rings (SSSR count). The lowest BCUT2D eigenvalue weighted by Crippen LogP contribution is -2.36. The number of allylic oxidation sites excluding steroid dienone is 6. The highest BCUT2D eigenvalue weighted by Gasteiger charge is 2.22. The van der Waals surface area contributed by atoms with Gasteiger partial charge in [-0.15, -0.1) is 0 Å². The molecule has 4 heteroatoms. The average molecular weight is 299 g/mol. The molecule has 0 saturated heterocycles. The first-order chi connectivity index (χ1) is 10.9. The van der Waals surface area contributed by atoms with Crippen LogP contribution in [-0.4, -0.2) is 23.7 Å². The Labute approximate surface area is 131 Å². The molecule has 0 N–H and O–H groups in total. The fourth-order valence-electron chi connectivity index (χ4n) is 2.31. The summed E-state index contributed by atoms with van der Waals surface area (Å²) in [6, 6.07) is 0. The first kappa shape index (κ1) is 15.2. The summed E-state index contributed by atoms with van der Waals surface area (Å²) in [6.07, 6.45) is 26.3. The van der Waals surface area contributed by atoms with E-state index in [9.17, 15) is 0 Å². The Hall–Kier alpha value is -1.72. The van der Waals surface area contributed by atoms with Crippen molar-refractivity contribution in [3.63, 3.8) is 0 Å². The Kier molecular flexibility index (Phi) is 5.56. The summed E-state index contributed by atoms with van der Waals surface area (Å²) in [5, 5.41) is 1.19. The fraction of sp³-hybridized carbons (Fsp3) is 0.333. The monoisotopic (exact) mass is 299 g/mol. The zero-order valence-corrected chi connectivity index (χ0v) is 12.5. The third kappa shape index (κ3) is 4.64. The minimum Gasteiger partial charge on any atom is -0.243 e. The molecule has 116 valence electrons. The second kappa shape index (κ2) is 8.06. The van der Waals surface area contributed by atoms with Crippen molar-refractivity contribution in [2.24, 2.45) is 0 Å². The number of nitrogens with zero attached hydrogens (tertiary/aromatic N) is 1. The van der Waals surface area contributed by atoms with Gasteiger partial charge in [0.05, 0.1) is 5.39 Å². The van der Waals surface area contributed by atoms with Crippen molar-refractivity contribution in [2.45, 2.75) is 37.6 Å². The van der Waals surface area contributed by atoms with Crippen LogP contribution in [0.1, 0.15) is 19.3 Å². The first-order valence-corrected chi connectivity index (χ1v) is 7.70. The van der Waals surface area contributed by atoms with Crippen molar-refractivity contribution in [3.05, 3.63) is 72.9 Å². The Bertz CT molecular complexity index is 454. The molecule has 3 aliphatic carbocycles. The molecule has 0 aromatic carbocycles. The molecule has 0 radical (unpaired) electrons. The summed E-state index contributed by atoms with van der Waals surface area (Å²) < 4.78 is 0. The van der Waals surface area contributed by atoms with Gasteiger partial charge in [0.2, 0.25) is 0 Å². The van der Waals surface area contributed by atoms with Crippen LogP contribution in [0.3, 0.4) is 0 Å². The lowest BCUT2D eigenvalue weighted by atomic mass is 10.1. The van der Waals surface area contributed by atoms with Crippen molar-refractivity contribution >= 4 is 0 Å². The van der Waals surface area contributed by atoms with Gasteiger partial charge in [-0.05, 0) is 19.3 Å². The van der Waals surface area contributed by atoms with Crippen LogP contribution in [0.25, 0.3) is 0 Å². The molecule has 0 fully saturated rings. The van der Waals surface area contributed by atoms with E-state index >= 15 is 0 Å². The molecular formula is C18H21NO3. The predicted octanol–water partition coefficient (Wildman–Crippen LogP) is 3.74. The van der Waals surface area contributed by atoms with E-state index in [1.165, 1.54) is 5.39 Å². The van der Waals surface area contributed by atoms with Crippen LogP contribution < -0.4 is 0 Å². The number of rotatable bonds is 6. The zero-order chi connectivity index (χ0) is 15.0. The van der Waals surface area contributed by atoms with Crippen molar-refractivity contribution in [2.75, 3.05) is 0 Å². The molecule has 0 saturated carbocycles. The Balaban J connectivity index is 1.58. The smallest absolute Gasteiger partial charge is 0.106 e. The molecule has 3 atom stereocenters. The third-order valence-electron chi connectivity index (χ3n) is 3.49. The van der Waals surface area contributed by atoms with Crippen LogP contribution in [0.2, 0.25) is 0 Å². The molecule has 3 aliphatic rings. The van der Waals surface area contributed by atoms with Crippen LogP contribution in [0, 0.1) is 0 Å². The lowest BCUT2D eigenvalue weighted by molar-refractivity contribution is -0.546. The van der Waals surface area contributed by atoms with E-state index in [1.54, 1.807) is 0 Å². The van der Waals surface area contributed by atoms with E-state index in [0.29, 0.717) is 0 Å². The van der Waals surface area contributed by atoms with Crippen molar-refractivity contribution < 1.29 is 14.5 Å². The largest absolute Gasteiger partial charge is 0.243 e. The molecule has 0 amide bonds. The van der Waals surface area contributed by atoms with E-state index < -0.39 is 0 Å². The first-order valence-electron chi connectivity index (χ1n) is 7.70. The Morgan fingerprint density at radius 1 is 0.545 bits per heavy atom. The highest BCUT2D eigenvalue weighted by atomic mass is 17.2. The van der Waals surface area contributed by atoms with E-state index in [-0.39, 0.29) is 18.3 Å². The SMILES string of the molecule is C1=CCC(ON(OC2C=CC=CC2)OC2C=CC=CC2)C=C1. The van der Waals surface area contributed by atoms with E-state index in [1.807, 2.05) is 54.7 Å². The van der Waals surface area contributed by atoms with Gasteiger partial charge in [-0.1, -0.05) is 72.9 Å². The molecule has 0 aliphatic heterocycles. The van der Waals surface area contributed by atoms with Gasteiger partial charge in [0, 0.05) is 0 Å². The predicted molar refractivity (Wildman–Crippen MR) is 85.1 cm³/mol. The summed E-state index contributed by atoms with van der Waals surface area (Å²) in [5.41, 5.74) is 0. The summed E-state index contributed by atoms with van der Waals surface area (Å²) in [4.78, 5) is 17.5. The lowest BCUT2D eigenvalue weighted by Gasteiger charge is -2.29. The summed E-state index contributed by atoms with van der Waals surface area (Å²) in [6.45, 7) is 0. The highest BCUT2D eigenvalue weighted by molar-refractivity contribution is 5.13. The van der Waals surface area contributed by atoms with Gasteiger partial charge in [-0.3, -0.25) is 0 Å². The molecule has 22 heavy (non-hydrogen) atoms. The van der Waals surface area contributed by atoms with Gasteiger partial charge >= 0.3 is 0 Å². The molecule has 0 bridgehead atoms. The fourth-order valence-corrected chi connectivity index (χ4v) is 2.31. The Morgan fingerprint density at radius 2 is 0.909 bits per heavy atom. The van der Waals surface area contributed by atoms with Gasteiger partial charge in [-0.2, -0.15) is 0 Å². The van der Waals surface area contributed by atoms with Crippen LogP contribution >= 0.6 is 0 Å². The molecule has 0 heterocycles. The van der Waals surface area contributed by atoms with Crippen LogP contribution in [0.5, 0.6) is 0 Å². The van der Waals surface area contributed by atoms with Crippen molar-refractivity contribution in [3.8, 4) is 0 Å². The van der Waals surface area contributed by atoms with E-state index in [2.05, 4.69) is 18.2 Å². The van der Waals surface area contributed by atoms with Gasteiger partial charge in [0.25, 0.3) is 0 Å². The number of hydrogen-bond acceptors (Lipinski definition) is 4. The maximum absolute atomic E-state index is 5.83. The average Bonchev–Trinajstić information content (AvgIpc) is 2.57. The van der Waals surface area contributed by atoms with Crippen molar-refractivity contribution in [1.29, 1.82) is 0 Å². The second-order valence-corrected chi connectivity index (χ2v) is 5.30. The molecular weight excluding hydrogens is 278 g/mol. The Morgan fingerprint density at radius 3 is 1.18 bits per heavy atom. The molecule has 0 aromatic rings. The van der Waals surface area contributed by atoms with Gasteiger partial charge in [0.15, 0.2) is 0 Å². The van der Waals surface area contributed by atoms with Gasteiger partial charge in [-0.25, -0.2) is 14.5 Å². The van der Waals surface area contributed by atoms with Gasteiger partial charge in [0.1, 0.15) is 18.3 Å². The minimum atomic E-state index is -0.0729. The van der Waals surface area contributed by atoms with Crippen molar-refractivity contribution in [1.82, 2.24) is 5.39 Å². The standard InChI is InChI=1S/C18H21NO3/c1-4-10-16(11-5-1)20-19(21-17-12-6-2-7-13-17)22-18-14-8-3-9-15-18/h1-10,12,14,16-18H,11,13,15H2. The zero-order valence-electron chi connectivity index (χ0n) is 12.5. The highest BCUT2D eigenvalue weighted by Crippen LogP contribution is 2.18. The molecule has 0 aromatic heterocycles. The molecule has 0 spiro atoms. The summed E-state index contributed by atoms with van der Waals surface area (Å²) in [5.74, 6) is 0. The van der Waals surface area contributed by atoms with E-state index in [4.69, 9.17) is 14.5 Å². The van der Waals surface area contributed by atoms with E-state index in [0.717, 1.165) is 19.3 Å². The van der Waals surface area contributed by atoms with Crippen LogP contribution in [0.4, 0.5) is 0 Å². The topological polar surface area (TPSA) is 30.9 Å². The van der Waals surface area contributed by atoms with Gasteiger partial charge < -0.3 is 0 Å². The maximum atomic E-state index is 5.83.